The molecule has 0 unspecified atom stereocenters. The van der Waals surface area contributed by atoms with Gasteiger partial charge in [-0.2, -0.15) is 0 Å². The van der Waals surface area contributed by atoms with Gasteiger partial charge in [-0.05, 0) is 52.0 Å². The highest BCUT2D eigenvalue weighted by Gasteiger charge is 2.22. The first-order valence-corrected chi connectivity index (χ1v) is 9.33. The lowest BCUT2D eigenvalue weighted by Gasteiger charge is -2.17. The van der Waals surface area contributed by atoms with E-state index in [-0.39, 0.29) is 23.3 Å². The molecule has 0 N–H and O–H groups in total. The fraction of sp³-hybridized carbons (Fsp3) is 0.286. The first kappa shape index (κ1) is 21.0. The minimum atomic E-state index is -0.417. The van der Waals surface area contributed by atoms with Crippen molar-refractivity contribution in [3.05, 3.63) is 64.5 Å². The predicted octanol–water partition coefficient (Wildman–Crippen LogP) is 2.45. The summed E-state index contributed by atoms with van der Waals surface area (Å²) in [7, 11) is 3.14. The largest absolute Gasteiger partial charge is 0.278 e. The molecule has 0 aliphatic carbocycles. The fourth-order valence-electron chi connectivity index (χ4n) is 2.91. The number of hydrogen-bond acceptors (Lipinski definition) is 7. The second-order valence-electron chi connectivity index (χ2n) is 7.04. The van der Waals surface area contributed by atoms with Crippen LogP contribution < -0.4 is 9.80 Å². The van der Waals surface area contributed by atoms with E-state index in [1.165, 1.54) is 9.80 Å². The summed E-state index contributed by atoms with van der Waals surface area (Å²) in [6, 6.07) is 8.35. The number of aryl methyl sites for hydroxylation is 4. The predicted molar refractivity (Wildman–Crippen MR) is 113 cm³/mol. The lowest BCUT2D eigenvalue weighted by atomic mass is 10.2. The zero-order valence-corrected chi connectivity index (χ0v) is 17.8. The smallest absolute Gasteiger partial charge is 0.278 e. The number of aromatic nitrogens is 5. The quantitative estimate of drug-likeness (QED) is 0.656. The Labute approximate surface area is 174 Å². The molecule has 0 spiro atoms. The van der Waals surface area contributed by atoms with Gasteiger partial charge in [0.2, 0.25) is 11.9 Å². The van der Waals surface area contributed by atoms with Gasteiger partial charge in [-0.1, -0.05) is 6.07 Å². The van der Waals surface area contributed by atoms with Gasteiger partial charge in [0.05, 0.1) is 0 Å². The van der Waals surface area contributed by atoms with E-state index in [9.17, 15) is 9.59 Å². The summed E-state index contributed by atoms with van der Waals surface area (Å²) < 4.78 is 0. The molecule has 0 aromatic carbocycles. The Balaban J connectivity index is 1.87. The summed E-state index contributed by atoms with van der Waals surface area (Å²) in [6.45, 7) is 7.33. The number of carbonyl (C=O) groups excluding carboxylic acids is 2. The molecular weight excluding hydrogens is 382 g/mol. The van der Waals surface area contributed by atoms with Crippen LogP contribution in [0.1, 0.15) is 43.8 Å². The van der Waals surface area contributed by atoms with Crippen LogP contribution in [0.25, 0.3) is 0 Å². The maximum absolute atomic E-state index is 12.9. The van der Waals surface area contributed by atoms with Crippen molar-refractivity contribution < 1.29 is 9.59 Å². The maximum Gasteiger partial charge on any atom is 0.278 e. The van der Waals surface area contributed by atoms with Crippen molar-refractivity contribution in [2.75, 3.05) is 23.9 Å². The summed E-state index contributed by atoms with van der Waals surface area (Å²) >= 11 is 0. The number of amides is 2. The summed E-state index contributed by atoms with van der Waals surface area (Å²) in [4.78, 5) is 49.9. The molecule has 0 atom stereocenters. The molecule has 3 heterocycles. The number of carbonyl (C=O) groups is 2. The Morgan fingerprint density at radius 3 is 1.30 bits per heavy atom. The van der Waals surface area contributed by atoms with Crippen molar-refractivity contribution in [1.29, 1.82) is 0 Å². The molecule has 154 valence electrons. The lowest BCUT2D eigenvalue weighted by Crippen LogP contribution is -2.32. The molecule has 0 saturated carbocycles. The molecule has 0 bridgehead atoms. The fourth-order valence-corrected chi connectivity index (χ4v) is 2.91. The van der Waals surface area contributed by atoms with Crippen LogP contribution in [-0.2, 0) is 0 Å². The van der Waals surface area contributed by atoms with Gasteiger partial charge in [0.1, 0.15) is 11.4 Å². The Kier molecular flexibility index (Phi) is 5.81. The second-order valence-corrected chi connectivity index (χ2v) is 7.04. The second kappa shape index (κ2) is 8.32. The van der Waals surface area contributed by atoms with Crippen molar-refractivity contribution in [2.45, 2.75) is 27.7 Å². The number of rotatable bonds is 4. The van der Waals surface area contributed by atoms with Gasteiger partial charge in [-0.3, -0.25) is 19.4 Å². The zero-order chi connectivity index (χ0) is 22.0. The average molecular weight is 405 g/mol. The minimum Gasteiger partial charge on any atom is -0.278 e. The Morgan fingerprint density at radius 1 is 0.633 bits per heavy atom. The van der Waals surface area contributed by atoms with Crippen LogP contribution in [0.3, 0.4) is 0 Å². The molecule has 0 saturated heterocycles. The minimum absolute atomic E-state index is 0.112. The van der Waals surface area contributed by atoms with Crippen LogP contribution in [-0.4, -0.2) is 50.8 Å². The van der Waals surface area contributed by atoms with Gasteiger partial charge in [0.15, 0.2) is 0 Å². The van der Waals surface area contributed by atoms with Crippen LogP contribution in [0.2, 0.25) is 0 Å². The van der Waals surface area contributed by atoms with Gasteiger partial charge < -0.3 is 0 Å². The van der Waals surface area contributed by atoms with E-state index in [1.807, 2.05) is 39.8 Å². The molecule has 9 nitrogen and oxygen atoms in total. The van der Waals surface area contributed by atoms with Crippen molar-refractivity contribution >= 4 is 23.7 Å². The molecule has 3 aromatic rings. The van der Waals surface area contributed by atoms with Crippen LogP contribution >= 0.6 is 0 Å². The molecule has 9 heteroatoms. The monoisotopic (exact) mass is 405 g/mol. The number of hydrogen-bond donors (Lipinski definition) is 0. The van der Waals surface area contributed by atoms with Crippen LogP contribution in [0.15, 0.2) is 30.3 Å². The van der Waals surface area contributed by atoms with E-state index in [0.29, 0.717) is 0 Å². The van der Waals surface area contributed by atoms with Crippen molar-refractivity contribution in [2.24, 2.45) is 0 Å². The SMILES string of the molecule is Cc1cc(C)nc(N(C)C(=O)c2cccc(C(=O)N(C)c3nc(C)cc(C)n3)n2)n1. The van der Waals surface area contributed by atoms with E-state index in [1.54, 1.807) is 32.3 Å². The third kappa shape index (κ3) is 4.45. The standard InChI is InChI=1S/C21H23N7O2/c1-12-10-13(2)23-20(22-12)27(5)18(29)16-8-7-9-17(26-16)19(30)28(6)21-24-14(3)11-15(4)25-21/h7-11H,1-6H3. The van der Waals surface area contributed by atoms with Crippen molar-refractivity contribution in [3.63, 3.8) is 0 Å². The normalized spacial score (nSPS) is 10.6. The van der Waals surface area contributed by atoms with E-state index in [0.717, 1.165) is 22.8 Å². The van der Waals surface area contributed by atoms with E-state index >= 15 is 0 Å². The molecular formula is C21H23N7O2. The van der Waals surface area contributed by atoms with Gasteiger partial charge >= 0.3 is 0 Å². The van der Waals surface area contributed by atoms with Crippen LogP contribution in [0.5, 0.6) is 0 Å². The van der Waals surface area contributed by atoms with E-state index < -0.39 is 11.8 Å². The van der Waals surface area contributed by atoms with Gasteiger partial charge in [-0.25, -0.2) is 24.9 Å². The highest BCUT2D eigenvalue weighted by molar-refractivity contribution is 6.06. The first-order chi connectivity index (χ1) is 14.2. The Hall–Kier alpha value is -3.75. The third-order valence-corrected chi connectivity index (χ3v) is 4.34. The molecule has 2 amide bonds. The zero-order valence-electron chi connectivity index (χ0n) is 17.8. The average Bonchev–Trinajstić information content (AvgIpc) is 2.70. The number of anilines is 2. The lowest BCUT2D eigenvalue weighted by molar-refractivity contribution is 0.0982. The van der Waals surface area contributed by atoms with Crippen molar-refractivity contribution in [1.82, 2.24) is 24.9 Å². The van der Waals surface area contributed by atoms with Gasteiger partial charge in [0, 0.05) is 36.9 Å². The van der Waals surface area contributed by atoms with Crippen molar-refractivity contribution in [3.8, 4) is 0 Å². The highest BCUT2D eigenvalue weighted by Crippen LogP contribution is 2.14. The summed E-state index contributed by atoms with van der Waals surface area (Å²) in [5.74, 6) is -0.284. The summed E-state index contributed by atoms with van der Waals surface area (Å²) in [6.07, 6.45) is 0. The number of nitrogens with zero attached hydrogens (tertiary/aromatic N) is 7. The molecule has 3 rings (SSSR count). The Bertz CT molecular complexity index is 1000. The molecule has 30 heavy (non-hydrogen) atoms. The summed E-state index contributed by atoms with van der Waals surface area (Å²) in [5.41, 5.74) is 3.24. The van der Waals surface area contributed by atoms with Gasteiger partial charge in [-0.15, -0.1) is 0 Å². The van der Waals surface area contributed by atoms with Crippen LogP contribution in [0, 0.1) is 27.7 Å². The van der Waals surface area contributed by atoms with E-state index in [4.69, 9.17) is 0 Å². The van der Waals surface area contributed by atoms with E-state index in [2.05, 4.69) is 24.9 Å². The highest BCUT2D eigenvalue weighted by atomic mass is 16.2. The molecule has 3 aromatic heterocycles. The maximum atomic E-state index is 12.9. The molecule has 0 radical (unpaired) electrons. The number of pyridine rings is 1. The molecule has 0 aliphatic rings. The topological polar surface area (TPSA) is 105 Å². The molecule has 0 aliphatic heterocycles. The van der Waals surface area contributed by atoms with Crippen LogP contribution in [0.4, 0.5) is 11.9 Å². The molecule has 0 fully saturated rings. The Morgan fingerprint density at radius 2 is 0.967 bits per heavy atom. The third-order valence-electron chi connectivity index (χ3n) is 4.34. The summed E-state index contributed by atoms with van der Waals surface area (Å²) in [5, 5.41) is 0. The van der Waals surface area contributed by atoms with Gasteiger partial charge in [0.25, 0.3) is 11.8 Å². The first-order valence-electron chi connectivity index (χ1n) is 9.33.